The summed E-state index contributed by atoms with van der Waals surface area (Å²) < 4.78 is 25.0. The van der Waals surface area contributed by atoms with Crippen LogP contribution in [0.5, 0.6) is 0 Å². The van der Waals surface area contributed by atoms with Crippen molar-refractivity contribution in [1.82, 2.24) is 0 Å². The minimum Gasteiger partial charge on any atom is -0.473 e. The number of ether oxygens (including phenoxy) is 5. The van der Waals surface area contributed by atoms with Crippen LogP contribution in [-0.4, -0.2) is 51.1 Å². The summed E-state index contributed by atoms with van der Waals surface area (Å²) in [6, 6.07) is 5.90. The molecule has 0 radical (unpaired) electrons. The molecule has 28 heavy (non-hydrogen) atoms. The second-order valence-corrected chi connectivity index (χ2v) is 5.64. The highest BCUT2D eigenvalue weighted by molar-refractivity contribution is 5.95. The average Bonchev–Trinajstić information content (AvgIpc) is 2.67. The van der Waals surface area contributed by atoms with Crippen molar-refractivity contribution in [3.63, 3.8) is 0 Å². The van der Waals surface area contributed by atoms with E-state index in [0.29, 0.717) is 5.76 Å². The molecule has 1 aromatic carbocycles. The number of carbonyl (C=O) groups is 3. The van der Waals surface area contributed by atoms with Crippen molar-refractivity contribution in [2.24, 2.45) is 0 Å². The summed E-state index contributed by atoms with van der Waals surface area (Å²) in [6.07, 6.45) is 0. The standard InChI is InChI=1S/C20H24O8/c1-14(2)18(21)25-10-11-27-20(23)17-7-5-6-16(12-17)19(22)26-9-8-24-13-28-15(3)4/h5-7,12H,1,3,8-11,13H2,2,4H3. The minimum atomic E-state index is -0.652. The molecule has 0 fully saturated rings. The van der Waals surface area contributed by atoms with Crippen LogP contribution in [0, 0.1) is 0 Å². The highest BCUT2D eigenvalue weighted by Crippen LogP contribution is 2.09. The van der Waals surface area contributed by atoms with Gasteiger partial charge in [-0.1, -0.05) is 19.2 Å². The molecule has 0 N–H and O–H groups in total. The molecule has 0 aliphatic carbocycles. The van der Waals surface area contributed by atoms with E-state index in [-0.39, 0.29) is 49.9 Å². The fraction of sp³-hybridized carbons (Fsp3) is 0.350. The van der Waals surface area contributed by atoms with Crippen LogP contribution in [-0.2, 0) is 28.5 Å². The van der Waals surface area contributed by atoms with E-state index in [1.54, 1.807) is 6.92 Å². The predicted molar refractivity (Wildman–Crippen MR) is 99.5 cm³/mol. The molecule has 0 aromatic heterocycles. The van der Waals surface area contributed by atoms with Crippen LogP contribution in [0.2, 0.25) is 0 Å². The van der Waals surface area contributed by atoms with Crippen molar-refractivity contribution in [3.05, 3.63) is 59.9 Å². The topological polar surface area (TPSA) is 97.4 Å². The first kappa shape index (κ1) is 22.9. The van der Waals surface area contributed by atoms with Crippen molar-refractivity contribution in [3.8, 4) is 0 Å². The number of carbonyl (C=O) groups excluding carboxylic acids is 3. The molecular formula is C20H24O8. The molecule has 0 bridgehead atoms. The van der Waals surface area contributed by atoms with E-state index in [0.717, 1.165) is 0 Å². The average molecular weight is 392 g/mol. The Kier molecular flexibility index (Phi) is 10.1. The molecule has 0 aliphatic rings. The number of esters is 3. The van der Waals surface area contributed by atoms with Gasteiger partial charge in [-0.2, -0.15) is 0 Å². The van der Waals surface area contributed by atoms with Crippen LogP contribution in [0.4, 0.5) is 0 Å². The third-order valence-corrected chi connectivity index (χ3v) is 3.08. The first-order chi connectivity index (χ1) is 13.3. The molecule has 0 saturated heterocycles. The summed E-state index contributed by atoms with van der Waals surface area (Å²) in [4.78, 5) is 35.2. The molecule has 0 aliphatic heterocycles. The number of rotatable bonds is 12. The third kappa shape index (κ3) is 9.00. The SMILES string of the molecule is C=C(C)OCOCCOC(=O)c1cccc(C(=O)OCCOC(=O)C(=C)C)c1. The molecule has 1 rings (SSSR count). The van der Waals surface area contributed by atoms with Gasteiger partial charge >= 0.3 is 17.9 Å². The summed E-state index contributed by atoms with van der Waals surface area (Å²) in [7, 11) is 0. The maximum atomic E-state index is 12.0. The molecule has 0 heterocycles. The van der Waals surface area contributed by atoms with Gasteiger partial charge in [-0.15, -0.1) is 0 Å². The fourth-order valence-electron chi connectivity index (χ4n) is 1.73. The Morgan fingerprint density at radius 2 is 1.36 bits per heavy atom. The van der Waals surface area contributed by atoms with Crippen LogP contribution < -0.4 is 0 Å². The highest BCUT2D eigenvalue weighted by Gasteiger charge is 2.13. The Hall–Kier alpha value is -3.13. The molecule has 152 valence electrons. The zero-order chi connectivity index (χ0) is 20.9. The van der Waals surface area contributed by atoms with Gasteiger partial charge in [-0.3, -0.25) is 0 Å². The van der Waals surface area contributed by atoms with Crippen molar-refractivity contribution >= 4 is 17.9 Å². The molecule has 0 saturated carbocycles. The lowest BCUT2D eigenvalue weighted by atomic mass is 10.1. The van der Waals surface area contributed by atoms with Gasteiger partial charge in [0.1, 0.15) is 19.8 Å². The van der Waals surface area contributed by atoms with E-state index < -0.39 is 17.9 Å². The summed E-state index contributed by atoms with van der Waals surface area (Å²) in [6.45, 7) is 10.2. The zero-order valence-corrected chi connectivity index (χ0v) is 16.0. The summed E-state index contributed by atoms with van der Waals surface area (Å²) in [5, 5.41) is 0. The van der Waals surface area contributed by atoms with E-state index in [2.05, 4.69) is 13.2 Å². The maximum absolute atomic E-state index is 12.0. The van der Waals surface area contributed by atoms with Crippen LogP contribution in [0.25, 0.3) is 0 Å². The molecule has 0 atom stereocenters. The quantitative estimate of drug-likeness (QED) is 0.134. The Balaban J connectivity index is 2.40. The number of benzene rings is 1. The van der Waals surface area contributed by atoms with Crippen LogP contribution in [0.1, 0.15) is 34.6 Å². The van der Waals surface area contributed by atoms with Gasteiger partial charge in [0, 0.05) is 5.57 Å². The lowest BCUT2D eigenvalue weighted by Gasteiger charge is -2.09. The van der Waals surface area contributed by atoms with E-state index in [1.807, 2.05) is 0 Å². The number of hydrogen-bond donors (Lipinski definition) is 0. The lowest BCUT2D eigenvalue weighted by Crippen LogP contribution is -2.15. The Morgan fingerprint density at radius 3 is 1.89 bits per heavy atom. The first-order valence-electron chi connectivity index (χ1n) is 8.44. The second-order valence-electron chi connectivity index (χ2n) is 5.64. The van der Waals surface area contributed by atoms with Crippen molar-refractivity contribution in [2.45, 2.75) is 13.8 Å². The summed E-state index contributed by atoms with van der Waals surface area (Å²) in [5.74, 6) is -1.29. The molecule has 0 unspecified atom stereocenters. The van der Waals surface area contributed by atoms with E-state index in [9.17, 15) is 14.4 Å². The lowest BCUT2D eigenvalue weighted by molar-refractivity contribution is -0.140. The first-order valence-corrected chi connectivity index (χ1v) is 8.44. The van der Waals surface area contributed by atoms with Gasteiger partial charge in [0.05, 0.1) is 23.5 Å². The van der Waals surface area contributed by atoms with Gasteiger partial charge in [0.2, 0.25) is 0 Å². The number of allylic oxidation sites excluding steroid dienone is 1. The Morgan fingerprint density at radius 1 is 0.821 bits per heavy atom. The Bertz CT molecular complexity index is 723. The molecule has 0 amide bonds. The number of hydrogen-bond acceptors (Lipinski definition) is 8. The van der Waals surface area contributed by atoms with E-state index in [4.69, 9.17) is 23.7 Å². The van der Waals surface area contributed by atoms with Gasteiger partial charge < -0.3 is 23.7 Å². The molecule has 8 nitrogen and oxygen atoms in total. The van der Waals surface area contributed by atoms with Crippen LogP contribution in [0.15, 0.2) is 48.8 Å². The van der Waals surface area contributed by atoms with Crippen molar-refractivity contribution in [1.29, 1.82) is 0 Å². The van der Waals surface area contributed by atoms with Crippen molar-refractivity contribution < 1.29 is 38.1 Å². The van der Waals surface area contributed by atoms with Crippen LogP contribution in [0.3, 0.4) is 0 Å². The van der Waals surface area contributed by atoms with Gasteiger partial charge in [-0.05, 0) is 32.0 Å². The van der Waals surface area contributed by atoms with E-state index >= 15 is 0 Å². The monoisotopic (exact) mass is 392 g/mol. The highest BCUT2D eigenvalue weighted by atomic mass is 16.7. The van der Waals surface area contributed by atoms with Gasteiger partial charge in [0.25, 0.3) is 0 Å². The minimum absolute atomic E-state index is 0.0237. The smallest absolute Gasteiger partial charge is 0.338 e. The molecule has 8 heteroatoms. The normalized spacial score (nSPS) is 9.93. The van der Waals surface area contributed by atoms with Gasteiger partial charge in [0.15, 0.2) is 6.79 Å². The molecule has 1 aromatic rings. The largest absolute Gasteiger partial charge is 0.473 e. The Labute approximate surface area is 163 Å². The maximum Gasteiger partial charge on any atom is 0.338 e. The molecule has 0 spiro atoms. The molecular weight excluding hydrogens is 368 g/mol. The summed E-state index contributed by atoms with van der Waals surface area (Å²) >= 11 is 0. The third-order valence-electron chi connectivity index (χ3n) is 3.08. The second kappa shape index (κ2) is 12.3. The zero-order valence-electron chi connectivity index (χ0n) is 16.0. The van der Waals surface area contributed by atoms with Gasteiger partial charge in [-0.25, -0.2) is 14.4 Å². The van der Waals surface area contributed by atoms with E-state index in [1.165, 1.54) is 31.2 Å². The van der Waals surface area contributed by atoms with Crippen molar-refractivity contribution in [2.75, 3.05) is 33.2 Å². The fourth-order valence-corrected chi connectivity index (χ4v) is 1.73. The summed E-state index contributed by atoms with van der Waals surface area (Å²) in [5.41, 5.74) is 0.624. The predicted octanol–water partition coefficient (Wildman–Crippen LogP) is 2.64. The van der Waals surface area contributed by atoms with Crippen LogP contribution >= 0.6 is 0 Å².